The predicted molar refractivity (Wildman–Crippen MR) is 89.1 cm³/mol. The van der Waals surface area contributed by atoms with Gasteiger partial charge in [0.05, 0.1) is 0 Å². The molecule has 1 fully saturated rings. The molecule has 5 nitrogen and oxygen atoms in total. The van der Waals surface area contributed by atoms with E-state index in [4.69, 9.17) is 16.3 Å². The van der Waals surface area contributed by atoms with E-state index >= 15 is 0 Å². The quantitative estimate of drug-likeness (QED) is 0.922. The predicted octanol–water partition coefficient (Wildman–Crippen LogP) is 4.08. The third-order valence-electron chi connectivity index (χ3n) is 3.48. The molecule has 1 heterocycles. The van der Waals surface area contributed by atoms with Gasteiger partial charge in [0, 0.05) is 35.4 Å². The van der Waals surface area contributed by atoms with E-state index in [0.29, 0.717) is 29.4 Å². The summed E-state index contributed by atoms with van der Waals surface area (Å²) in [7, 11) is 0. The first-order chi connectivity index (χ1) is 11.1. The molecule has 1 aliphatic heterocycles. The highest BCUT2D eigenvalue weighted by molar-refractivity contribution is 6.30. The number of anilines is 2. The summed E-state index contributed by atoms with van der Waals surface area (Å²) < 4.78 is 5.26. The Balaban J connectivity index is 1.68. The van der Waals surface area contributed by atoms with Crippen LogP contribution in [0.5, 0.6) is 5.75 Å². The number of ether oxygens (including phenoxy) is 1. The van der Waals surface area contributed by atoms with Crippen molar-refractivity contribution in [1.29, 1.82) is 0 Å². The Bertz CT molecular complexity index is 748. The van der Waals surface area contributed by atoms with Crippen LogP contribution in [0.1, 0.15) is 12.8 Å². The molecule has 0 atom stereocenters. The Labute approximate surface area is 138 Å². The fourth-order valence-electron chi connectivity index (χ4n) is 2.45. The summed E-state index contributed by atoms with van der Waals surface area (Å²) in [6.07, 6.45) is 0.789. The van der Waals surface area contributed by atoms with Gasteiger partial charge in [0.25, 0.3) is 0 Å². The number of rotatable bonds is 3. The van der Waals surface area contributed by atoms with Gasteiger partial charge in [-0.05, 0) is 36.8 Å². The Morgan fingerprint density at radius 1 is 1.17 bits per heavy atom. The van der Waals surface area contributed by atoms with Crippen molar-refractivity contribution in [2.24, 2.45) is 0 Å². The van der Waals surface area contributed by atoms with Crippen molar-refractivity contribution in [2.75, 3.05) is 16.8 Å². The van der Waals surface area contributed by atoms with Crippen LogP contribution in [0.3, 0.4) is 0 Å². The van der Waals surface area contributed by atoms with Gasteiger partial charge in [-0.25, -0.2) is 4.79 Å². The molecule has 0 aromatic heterocycles. The minimum Gasteiger partial charge on any atom is -0.410 e. The third-order valence-corrected chi connectivity index (χ3v) is 3.72. The second-order valence-corrected chi connectivity index (χ2v) is 5.61. The van der Waals surface area contributed by atoms with E-state index < -0.39 is 6.09 Å². The molecule has 0 bridgehead atoms. The monoisotopic (exact) mass is 330 g/mol. The topological polar surface area (TPSA) is 58.6 Å². The van der Waals surface area contributed by atoms with E-state index in [1.807, 2.05) is 6.07 Å². The summed E-state index contributed by atoms with van der Waals surface area (Å²) >= 11 is 5.87. The molecule has 1 aliphatic rings. The highest BCUT2D eigenvalue weighted by atomic mass is 35.5. The van der Waals surface area contributed by atoms with Gasteiger partial charge in [0.15, 0.2) is 0 Å². The largest absolute Gasteiger partial charge is 0.417 e. The maximum Gasteiger partial charge on any atom is 0.417 e. The lowest BCUT2D eigenvalue weighted by molar-refractivity contribution is -0.117. The van der Waals surface area contributed by atoms with Crippen LogP contribution in [-0.4, -0.2) is 18.5 Å². The van der Waals surface area contributed by atoms with Gasteiger partial charge < -0.3 is 9.64 Å². The van der Waals surface area contributed by atoms with Crippen LogP contribution in [0.4, 0.5) is 16.2 Å². The first-order valence-corrected chi connectivity index (χ1v) is 7.64. The van der Waals surface area contributed by atoms with Crippen LogP contribution >= 0.6 is 11.6 Å². The lowest BCUT2D eigenvalue weighted by Crippen LogP contribution is -2.23. The molecule has 0 aliphatic carbocycles. The molecule has 0 spiro atoms. The first-order valence-electron chi connectivity index (χ1n) is 7.27. The number of carbonyl (C=O) groups is 2. The van der Waals surface area contributed by atoms with E-state index in [1.54, 1.807) is 47.4 Å². The Hall–Kier alpha value is -2.53. The van der Waals surface area contributed by atoms with Crippen LogP contribution < -0.4 is 15.0 Å². The third kappa shape index (κ3) is 3.81. The van der Waals surface area contributed by atoms with Crippen molar-refractivity contribution in [3.05, 3.63) is 53.6 Å². The lowest BCUT2D eigenvalue weighted by Gasteiger charge is -2.16. The summed E-state index contributed by atoms with van der Waals surface area (Å²) in [6.45, 7) is 0.691. The molecule has 0 radical (unpaired) electrons. The normalized spacial score (nSPS) is 14.0. The molecule has 3 rings (SSSR count). The van der Waals surface area contributed by atoms with Crippen LogP contribution in [-0.2, 0) is 4.79 Å². The van der Waals surface area contributed by atoms with Gasteiger partial charge in [-0.2, -0.15) is 0 Å². The number of halogens is 1. The van der Waals surface area contributed by atoms with Crippen LogP contribution in [0.25, 0.3) is 0 Å². The van der Waals surface area contributed by atoms with Crippen LogP contribution in [0.15, 0.2) is 48.5 Å². The molecule has 0 saturated carbocycles. The number of amides is 2. The van der Waals surface area contributed by atoms with Crippen LogP contribution in [0.2, 0.25) is 5.02 Å². The number of nitrogens with zero attached hydrogens (tertiary/aromatic N) is 1. The number of carbonyl (C=O) groups excluding carboxylic acids is 2. The van der Waals surface area contributed by atoms with E-state index in [1.165, 1.54) is 0 Å². The molecule has 1 N–H and O–H groups in total. The fourth-order valence-corrected chi connectivity index (χ4v) is 2.64. The van der Waals surface area contributed by atoms with Gasteiger partial charge in [0.1, 0.15) is 5.75 Å². The smallest absolute Gasteiger partial charge is 0.410 e. The number of benzene rings is 2. The average Bonchev–Trinajstić information content (AvgIpc) is 2.93. The number of nitrogens with one attached hydrogen (secondary N) is 1. The van der Waals surface area contributed by atoms with Crippen molar-refractivity contribution in [3.8, 4) is 5.75 Å². The minimum atomic E-state index is -0.614. The molecule has 2 amide bonds. The van der Waals surface area contributed by atoms with E-state index in [-0.39, 0.29) is 5.91 Å². The lowest BCUT2D eigenvalue weighted by atomic mass is 10.3. The van der Waals surface area contributed by atoms with Gasteiger partial charge in [-0.15, -0.1) is 0 Å². The fraction of sp³-hybridized carbons (Fsp3) is 0.176. The first kappa shape index (κ1) is 15.4. The van der Waals surface area contributed by atoms with E-state index in [2.05, 4.69) is 5.32 Å². The summed E-state index contributed by atoms with van der Waals surface area (Å²) in [5.74, 6) is 0.465. The highest BCUT2D eigenvalue weighted by Crippen LogP contribution is 2.25. The van der Waals surface area contributed by atoms with Crippen LogP contribution in [0, 0.1) is 0 Å². The molecular formula is C17H15ClN2O3. The summed E-state index contributed by atoms with van der Waals surface area (Å²) in [6, 6.07) is 13.7. The van der Waals surface area contributed by atoms with E-state index in [0.717, 1.165) is 12.1 Å². The standard InChI is InChI=1S/C17H15ClN2O3/c18-12-4-1-5-13(10-12)19-17(22)23-15-7-2-6-14(11-15)20-9-3-8-16(20)21/h1-2,4-7,10-11H,3,8-9H2,(H,19,22). The minimum absolute atomic E-state index is 0.0885. The number of hydrogen-bond donors (Lipinski definition) is 1. The van der Waals surface area contributed by atoms with Crippen molar-refractivity contribution in [3.63, 3.8) is 0 Å². The van der Waals surface area contributed by atoms with Crippen molar-refractivity contribution in [2.45, 2.75) is 12.8 Å². The zero-order chi connectivity index (χ0) is 16.2. The van der Waals surface area contributed by atoms with E-state index in [9.17, 15) is 9.59 Å². The second kappa shape index (κ2) is 6.71. The molecule has 1 saturated heterocycles. The second-order valence-electron chi connectivity index (χ2n) is 5.17. The average molecular weight is 331 g/mol. The molecule has 6 heteroatoms. The van der Waals surface area contributed by atoms with Crippen molar-refractivity contribution >= 4 is 35.0 Å². The summed E-state index contributed by atoms with van der Waals surface area (Å²) in [5, 5.41) is 3.13. The summed E-state index contributed by atoms with van der Waals surface area (Å²) in [4.78, 5) is 25.4. The van der Waals surface area contributed by atoms with Gasteiger partial charge in [0.2, 0.25) is 5.91 Å². The maximum absolute atomic E-state index is 11.9. The van der Waals surface area contributed by atoms with Crippen molar-refractivity contribution in [1.82, 2.24) is 0 Å². The maximum atomic E-state index is 11.9. The van der Waals surface area contributed by atoms with Gasteiger partial charge in [-0.3, -0.25) is 10.1 Å². The highest BCUT2D eigenvalue weighted by Gasteiger charge is 2.22. The Morgan fingerprint density at radius 2 is 2.00 bits per heavy atom. The molecule has 2 aromatic rings. The SMILES string of the molecule is O=C(Nc1cccc(Cl)c1)Oc1cccc(N2CCCC2=O)c1. The van der Waals surface area contributed by atoms with Gasteiger partial charge in [-0.1, -0.05) is 23.7 Å². The van der Waals surface area contributed by atoms with Crippen molar-refractivity contribution < 1.29 is 14.3 Å². The van der Waals surface area contributed by atoms with Gasteiger partial charge >= 0.3 is 6.09 Å². The molecular weight excluding hydrogens is 316 g/mol. The molecule has 2 aromatic carbocycles. The molecule has 0 unspecified atom stereocenters. The Kier molecular flexibility index (Phi) is 4.48. The molecule has 118 valence electrons. The number of hydrogen-bond acceptors (Lipinski definition) is 3. The summed E-state index contributed by atoms with van der Waals surface area (Å²) in [5.41, 5.74) is 1.29. The zero-order valence-electron chi connectivity index (χ0n) is 12.3. The Morgan fingerprint density at radius 3 is 2.74 bits per heavy atom. The molecule has 23 heavy (non-hydrogen) atoms. The zero-order valence-corrected chi connectivity index (χ0v) is 13.0.